The van der Waals surface area contributed by atoms with Crippen LogP contribution in [0.4, 0.5) is 0 Å². The fourth-order valence-corrected chi connectivity index (χ4v) is 2.03. The minimum Gasteiger partial charge on any atom is -0.302 e. The summed E-state index contributed by atoms with van der Waals surface area (Å²) in [6.07, 6.45) is 6.07. The third-order valence-electron chi connectivity index (χ3n) is 2.78. The molecule has 90 valence electrons. The maximum Gasteiger partial charge on any atom is 0.0312 e. The zero-order chi connectivity index (χ0) is 11.8. The number of alkyl halides is 1. The van der Waals surface area contributed by atoms with Crippen LogP contribution in [0.1, 0.15) is 25.3 Å². The second-order valence-corrected chi connectivity index (χ2v) is 4.85. The molecule has 0 amide bonds. The molecule has 1 rings (SSSR count). The number of nitrogens with zero attached hydrogens (tertiary/aromatic N) is 2. The second kappa shape index (κ2) is 7.64. The zero-order valence-corrected chi connectivity index (χ0v) is 11.0. The lowest BCUT2D eigenvalue weighted by molar-refractivity contribution is 0.296. The van der Waals surface area contributed by atoms with Crippen molar-refractivity contribution in [2.24, 2.45) is 5.92 Å². The first kappa shape index (κ1) is 13.5. The fourth-order valence-electron chi connectivity index (χ4n) is 1.65. The lowest BCUT2D eigenvalue weighted by Gasteiger charge is -2.18. The van der Waals surface area contributed by atoms with Gasteiger partial charge in [-0.15, -0.1) is 11.6 Å². The van der Waals surface area contributed by atoms with Crippen LogP contribution < -0.4 is 0 Å². The van der Waals surface area contributed by atoms with Crippen LogP contribution >= 0.6 is 11.6 Å². The molecule has 0 fully saturated rings. The number of pyridine rings is 1. The van der Waals surface area contributed by atoms with Gasteiger partial charge in [-0.05, 0) is 44.0 Å². The molecule has 2 nitrogen and oxygen atoms in total. The largest absolute Gasteiger partial charge is 0.302 e. The maximum atomic E-state index is 5.72. The molecule has 3 heteroatoms. The maximum absolute atomic E-state index is 5.72. The van der Waals surface area contributed by atoms with E-state index in [1.807, 2.05) is 18.5 Å². The van der Waals surface area contributed by atoms with E-state index in [4.69, 9.17) is 11.6 Å². The van der Waals surface area contributed by atoms with Crippen molar-refractivity contribution in [3.05, 3.63) is 30.1 Å². The molecule has 1 unspecified atom stereocenters. The van der Waals surface area contributed by atoms with Crippen LogP contribution in [0.5, 0.6) is 0 Å². The summed E-state index contributed by atoms with van der Waals surface area (Å²) < 4.78 is 0. The van der Waals surface area contributed by atoms with Gasteiger partial charge < -0.3 is 4.90 Å². The third kappa shape index (κ3) is 5.47. The Morgan fingerprint density at radius 3 is 2.88 bits per heavy atom. The molecule has 1 heterocycles. The van der Waals surface area contributed by atoms with E-state index in [0.717, 1.165) is 25.4 Å². The van der Waals surface area contributed by atoms with Gasteiger partial charge in [0.15, 0.2) is 0 Å². The van der Waals surface area contributed by atoms with Gasteiger partial charge in [-0.3, -0.25) is 4.98 Å². The molecule has 0 radical (unpaired) electrons. The van der Waals surface area contributed by atoms with Crippen molar-refractivity contribution in [3.63, 3.8) is 0 Å². The Kier molecular flexibility index (Phi) is 6.43. The lowest BCUT2D eigenvalue weighted by atomic mass is 10.1. The number of hydrogen-bond donors (Lipinski definition) is 0. The van der Waals surface area contributed by atoms with E-state index in [-0.39, 0.29) is 0 Å². The minimum absolute atomic E-state index is 0.717. The zero-order valence-electron chi connectivity index (χ0n) is 10.2. The van der Waals surface area contributed by atoms with E-state index in [2.05, 4.69) is 29.9 Å². The molecule has 0 saturated heterocycles. The first-order chi connectivity index (χ1) is 7.72. The molecule has 0 aliphatic heterocycles. The van der Waals surface area contributed by atoms with Gasteiger partial charge in [0, 0.05) is 24.8 Å². The Bertz CT molecular complexity index is 277. The monoisotopic (exact) mass is 240 g/mol. The predicted octanol–water partition coefficient (Wildman–Crippen LogP) is 3.17. The SMILES string of the molecule is CC(CCCl)CCN(C)Cc1cccnc1. The van der Waals surface area contributed by atoms with Crippen molar-refractivity contribution in [2.45, 2.75) is 26.3 Å². The highest BCUT2D eigenvalue weighted by molar-refractivity contribution is 6.17. The summed E-state index contributed by atoms with van der Waals surface area (Å²) in [4.78, 5) is 6.45. The Morgan fingerprint density at radius 1 is 1.44 bits per heavy atom. The van der Waals surface area contributed by atoms with Crippen molar-refractivity contribution in [3.8, 4) is 0 Å². The van der Waals surface area contributed by atoms with Gasteiger partial charge in [0.05, 0.1) is 0 Å². The molecule has 1 atom stereocenters. The normalized spacial score (nSPS) is 13.0. The van der Waals surface area contributed by atoms with E-state index < -0.39 is 0 Å². The van der Waals surface area contributed by atoms with Crippen molar-refractivity contribution >= 4 is 11.6 Å². The lowest BCUT2D eigenvalue weighted by Crippen LogP contribution is -2.21. The van der Waals surface area contributed by atoms with Gasteiger partial charge in [0.2, 0.25) is 0 Å². The number of aromatic nitrogens is 1. The number of hydrogen-bond acceptors (Lipinski definition) is 2. The highest BCUT2D eigenvalue weighted by Crippen LogP contribution is 2.10. The summed E-state index contributed by atoms with van der Waals surface area (Å²) in [5.74, 6) is 1.49. The van der Waals surface area contributed by atoms with E-state index in [9.17, 15) is 0 Å². The Hall–Kier alpha value is -0.600. The summed E-state index contributed by atoms with van der Waals surface area (Å²) in [7, 11) is 2.15. The summed E-state index contributed by atoms with van der Waals surface area (Å²) in [6.45, 7) is 4.36. The molecular weight excluding hydrogens is 220 g/mol. The Labute approximate surface area is 104 Å². The summed E-state index contributed by atoms with van der Waals surface area (Å²) >= 11 is 5.72. The summed E-state index contributed by atoms with van der Waals surface area (Å²) in [6, 6.07) is 4.10. The molecule has 1 aromatic rings. The fraction of sp³-hybridized carbons (Fsp3) is 0.615. The Balaban J connectivity index is 2.23. The van der Waals surface area contributed by atoms with Crippen molar-refractivity contribution < 1.29 is 0 Å². The van der Waals surface area contributed by atoms with Crippen LogP contribution in [0, 0.1) is 5.92 Å². The molecule has 0 aliphatic rings. The van der Waals surface area contributed by atoms with E-state index in [0.29, 0.717) is 5.92 Å². The van der Waals surface area contributed by atoms with Gasteiger partial charge in [0.1, 0.15) is 0 Å². The molecule has 0 saturated carbocycles. The quantitative estimate of drug-likeness (QED) is 0.681. The van der Waals surface area contributed by atoms with Crippen LogP contribution in [0.15, 0.2) is 24.5 Å². The first-order valence-electron chi connectivity index (χ1n) is 5.85. The predicted molar refractivity (Wildman–Crippen MR) is 69.7 cm³/mol. The standard InChI is InChI=1S/C13H21ClN2/c1-12(5-7-14)6-9-16(2)11-13-4-3-8-15-10-13/h3-4,8,10,12H,5-7,9,11H2,1-2H3. The van der Waals surface area contributed by atoms with Gasteiger partial charge in [-0.1, -0.05) is 13.0 Å². The topological polar surface area (TPSA) is 16.1 Å². The Morgan fingerprint density at radius 2 is 2.25 bits per heavy atom. The van der Waals surface area contributed by atoms with Crippen LogP contribution in [-0.4, -0.2) is 29.4 Å². The minimum atomic E-state index is 0.717. The van der Waals surface area contributed by atoms with E-state index in [1.165, 1.54) is 12.0 Å². The van der Waals surface area contributed by atoms with E-state index in [1.54, 1.807) is 0 Å². The molecule has 0 N–H and O–H groups in total. The highest BCUT2D eigenvalue weighted by atomic mass is 35.5. The average Bonchev–Trinajstić information content (AvgIpc) is 2.28. The van der Waals surface area contributed by atoms with Crippen LogP contribution in [0.2, 0.25) is 0 Å². The molecular formula is C13H21ClN2. The van der Waals surface area contributed by atoms with Crippen molar-refractivity contribution in [1.82, 2.24) is 9.88 Å². The second-order valence-electron chi connectivity index (χ2n) is 4.47. The molecule has 0 aliphatic carbocycles. The van der Waals surface area contributed by atoms with Crippen molar-refractivity contribution in [1.29, 1.82) is 0 Å². The first-order valence-corrected chi connectivity index (χ1v) is 6.39. The molecule has 0 aromatic carbocycles. The third-order valence-corrected chi connectivity index (χ3v) is 3.00. The summed E-state index contributed by atoms with van der Waals surface area (Å²) in [5.41, 5.74) is 1.27. The molecule has 1 aromatic heterocycles. The number of rotatable bonds is 7. The van der Waals surface area contributed by atoms with Crippen LogP contribution in [0.25, 0.3) is 0 Å². The van der Waals surface area contributed by atoms with Crippen LogP contribution in [-0.2, 0) is 6.54 Å². The van der Waals surface area contributed by atoms with Gasteiger partial charge in [-0.2, -0.15) is 0 Å². The van der Waals surface area contributed by atoms with Crippen molar-refractivity contribution in [2.75, 3.05) is 19.5 Å². The molecule has 0 bridgehead atoms. The van der Waals surface area contributed by atoms with Gasteiger partial charge >= 0.3 is 0 Å². The van der Waals surface area contributed by atoms with Gasteiger partial charge in [0.25, 0.3) is 0 Å². The molecule has 0 spiro atoms. The number of halogens is 1. The average molecular weight is 241 g/mol. The smallest absolute Gasteiger partial charge is 0.0312 e. The van der Waals surface area contributed by atoms with E-state index >= 15 is 0 Å². The molecule has 16 heavy (non-hydrogen) atoms. The van der Waals surface area contributed by atoms with Crippen LogP contribution in [0.3, 0.4) is 0 Å². The van der Waals surface area contributed by atoms with Gasteiger partial charge in [-0.25, -0.2) is 0 Å². The summed E-state index contributed by atoms with van der Waals surface area (Å²) in [5, 5.41) is 0. The highest BCUT2D eigenvalue weighted by Gasteiger charge is 2.04.